The number of nitrogens with zero attached hydrogens (tertiary/aromatic N) is 2. The lowest BCUT2D eigenvalue weighted by Crippen LogP contribution is -2.30. The van der Waals surface area contributed by atoms with Crippen LogP contribution in [0.4, 0.5) is 8.78 Å². The molecule has 0 saturated carbocycles. The van der Waals surface area contributed by atoms with Gasteiger partial charge in [-0.2, -0.15) is 0 Å². The van der Waals surface area contributed by atoms with Gasteiger partial charge in [0.25, 0.3) is 0 Å². The summed E-state index contributed by atoms with van der Waals surface area (Å²) in [4.78, 5) is 16.5. The summed E-state index contributed by atoms with van der Waals surface area (Å²) >= 11 is 1.47. The largest absolute Gasteiger partial charge is 0.350 e. The average molecular weight is 400 g/mol. The smallest absolute Gasteiger partial charge is 0.240 e. The third-order valence-corrected chi connectivity index (χ3v) is 5.68. The Kier molecular flexibility index (Phi) is 5.30. The van der Waals surface area contributed by atoms with Gasteiger partial charge in [0.1, 0.15) is 0 Å². The van der Waals surface area contributed by atoms with Crippen LogP contribution >= 0.6 is 11.3 Å². The Bertz CT molecular complexity index is 1020. The Morgan fingerprint density at radius 3 is 2.81 bits per heavy atom. The van der Waals surface area contributed by atoms with E-state index < -0.39 is 26.6 Å². The molecule has 3 rings (SSSR count). The van der Waals surface area contributed by atoms with Gasteiger partial charge in [0.05, 0.1) is 17.1 Å². The van der Waals surface area contributed by atoms with Gasteiger partial charge in [0, 0.05) is 30.7 Å². The number of halogens is 2. The number of amides is 1. The first-order chi connectivity index (χ1) is 12.3. The molecule has 0 bridgehead atoms. The fraction of sp³-hybridized carbons (Fsp3) is 0.200. The van der Waals surface area contributed by atoms with Crippen molar-refractivity contribution in [3.8, 4) is 0 Å². The van der Waals surface area contributed by atoms with Crippen LogP contribution in [0.1, 0.15) is 12.1 Å². The number of thiazole rings is 1. The highest BCUT2D eigenvalue weighted by Crippen LogP contribution is 2.13. The summed E-state index contributed by atoms with van der Waals surface area (Å²) in [6.07, 6.45) is 3.54. The number of benzene rings is 1. The van der Waals surface area contributed by atoms with Crippen LogP contribution < -0.4 is 10.0 Å². The van der Waals surface area contributed by atoms with E-state index in [1.54, 1.807) is 6.20 Å². The standard InChI is InChI=1S/C15H14F2N4O3S2/c16-12-2-1-11(7-13(12)17)26(23,24)19-4-3-14(22)18-8-10-9-21-5-6-25-15(21)20-10/h1-2,5-7,9,19H,3-4,8H2,(H,18,22). The molecule has 26 heavy (non-hydrogen) atoms. The molecule has 0 unspecified atom stereocenters. The Hall–Kier alpha value is -2.37. The van der Waals surface area contributed by atoms with E-state index in [9.17, 15) is 22.0 Å². The predicted octanol–water partition coefficient (Wildman–Crippen LogP) is 1.66. The Morgan fingerprint density at radius 1 is 1.27 bits per heavy atom. The van der Waals surface area contributed by atoms with Crippen molar-refractivity contribution in [3.63, 3.8) is 0 Å². The van der Waals surface area contributed by atoms with Crippen molar-refractivity contribution < 1.29 is 22.0 Å². The summed E-state index contributed by atoms with van der Waals surface area (Å²) in [5, 5.41) is 4.53. The third kappa shape index (κ3) is 4.23. The van der Waals surface area contributed by atoms with Gasteiger partial charge in [-0.25, -0.2) is 26.9 Å². The van der Waals surface area contributed by atoms with E-state index in [2.05, 4.69) is 15.0 Å². The maximum atomic E-state index is 13.1. The van der Waals surface area contributed by atoms with Crippen molar-refractivity contribution in [1.82, 2.24) is 19.4 Å². The zero-order valence-corrected chi connectivity index (χ0v) is 14.9. The molecule has 0 atom stereocenters. The molecule has 2 N–H and O–H groups in total. The molecule has 1 amide bonds. The molecule has 0 radical (unpaired) electrons. The van der Waals surface area contributed by atoms with E-state index in [4.69, 9.17) is 0 Å². The zero-order chi connectivity index (χ0) is 18.7. The van der Waals surface area contributed by atoms with Crippen LogP contribution in [0.2, 0.25) is 0 Å². The Balaban J connectivity index is 1.48. The fourth-order valence-corrected chi connectivity index (χ4v) is 3.93. The van der Waals surface area contributed by atoms with Crippen molar-refractivity contribution in [2.75, 3.05) is 6.54 Å². The lowest BCUT2D eigenvalue weighted by Gasteiger charge is -2.07. The summed E-state index contributed by atoms with van der Waals surface area (Å²) in [7, 11) is -4.02. The van der Waals surface area contributed by atoms with E-state index in [1.807, 2.05) is 16.0 Å². The number of rotatable bonds is 7. The van der Waals surface area contributed by atoms with E-state index in [0.717, 1.165) is 17.1 Å². The first kappa shape index (κ1) is 18.4. The second kappa shape index (κ2) is 7.48. The number of aromatic nitrogens is 2. The highest BCUT2D eigenvalue weighted by molar-refractivity contribution is 7.89. The molecule has 2 aromatic heterocycles. The SMILES string of the molecule is O=C(CCNS(=O)(=O)c1ccc(F)c(F)c1)NCc1cn2ccsc2n1. The maximum Gasteiger partial charge on any atom is 0.240 e. The molecule has 11 heteroatoms. The number of nitrogens with one attached hydrogen (secondary N) is 2. The minimum absolute atomic E-state index is 0.106. The molecule has 2 heterocycles. The minimum Gasteiger partial charge on any atom is -0.350 e. The van der Waals surface area contributed by atoms with Gasteiger partial charge in [-0.05, 0) is 18.2 Å². The molecule has 0 aliphatic carbocycles. The van der Waals surface area contributed by atoms with Gasteiger partial charge in [0.15, 0.2) is 16.6 Å². The van der Waals surface area contributed by atoms with Crippen molar-refractivity contribution in [1.29, 1.82) is 0 Å². The first-order valence-corrected chi connectivity index (χ1v) is 9.84. The quantitative estimate of drug-likeness (QED) is 0.631. The topological polar surface area (TPSA) is 92.6 Å². The second-order valence-electron chi connectivity index (χ2n) is 5.33. The molecule has 0 aliphatic heterocycles. The van der Waals surface area contributed by atoms with Crippen LogP contribution in [0.3, 0.4) is 0 Å². The van der Waals surface area contributed by atoms with Gasteiger partial charge in [0.2, 0.25) is 15.9 Å². The first-order valence-electron chi connectivity index (χ1n) is 7.47. The van der Waals surface area contributed by atoms with E-state index >= 15 is 0 Å². The number of carbonyl (C=O) groups is 1. The number of carbonyl (C=O) groups excluding carboxylic acids is 1. The highest BCUT2D eigenvalue weighted by Gasteiger charge is 2.16. The molecule has 138 valence electrons. The molecule has 0 saturated heterocycles. The van der Waals surface area contributed by atoms with Crippen LogP contribution in [0.5, 0.6) is 0 Å². The van der Waals surface area contributed by atoms with Crippen LogP contribution in [0.15, 0.2) is 40.9 Å². The van der Waals surface area contributed by atoms with E-state index in [-0.39, 0.29) is 25.4 Å². The monoisotopic (exact) mass is 400 g/mol. The summed E-state index contributed by atoms with van der Waals surface area (Å²) in [6, 6.07) is 2.26. The zero-order valence-electron chi connectivity index (χ0n) is 13.3. The van der Waals surface area contributed by atoms with Crippen molar-refractivity contribution in [2.45, 2.75) is 17.9 Å². The Labute approximate surface area is 151 Å². The number of hydrogen-bond acceptors (Lipinski definition) is 5. The molecule has 0 fully saturated rings. The van der Waals surface area contributed by atoms with Crippen LogP contribution in [0.25, 0.3) is 4.96 Å². The molecular formula is C15H14F2N4O3S2. The van der Waals surface area contributed by atoms with Crippen molar-refractivity contribution >= 4 is 32.2 Å². The molecule has 7 nitrogen and oxygen atoms in total. The van der Waals surface area contributed by atoms with E-state index in [0.29, 0.717) is 11.8 Å². The highest BCUT2D eigenvalue weighted by atomic mass is 32.2. The Morgan fingerprint density at radius 2 is 2.08 bits per heavy atom. The van der Waals surface area contributed by atoms with Crippen LogP contribution in [-0.4, -0.2) is 30.3 Å². The predicted molar refractivity (Wildman–Crippen MR) is 91.1 cm³/mol. The summed E-state index contributed by atoms with van der Waals surface area (Å²) < 4.78 is 54.0. The van der Waals surface area contributed by atoms with Gasteiger partial charge >= 0.3 is 0 Å². The van der Waals surface area contributed by atoms with Gasteiger partial charge in [-0.3, -0.25) is 9.20 Å². The third-order valence-electron chi connectivity index (χ3n) is 3.46. The summed E-state index contributed by atoms with van der Waals surface area (Å²) in [6.45, 7) is 0.0502. The van der Waals surface area contributed by atoms with Crippen molar-refractivity contribution in [3.05, 3.63) is 53.3 Å². The van der Waals surface area contributed by atoms with Crippen LogP contribution in [-0.2, 0) is 21.4 Å². The second-order valence-corrected chi connectivity index (χ2v) is 7.97. The maximum absolute atomic E-state index is 13.1. The van der Waals surface area contributed by atoms with Gasteiger partial charge in [-0.15, -0.1) is 11.3 Å². The number of hydrogen-bond donors (Lipinski definition) is 2. The number of sulfonamides is 1. The minimum atomic E-state index is -4.02. The lowest BCUT2D eigenvalue weighted by molar-refractivity contribution is -0.121. The summed E-state index contributed by atoms with van der Waals surface area (Å²) in [5.74, 6) is -2.76. The molecule has 0 aliphatic rings. The lowest BCUT2D eigenvalue weighted by atomic mass is 10.3. The van der Waals surface area contributed by atoms with Crippen LogP contribution in [0, 0.1) is 11.6 Å². The fourth-order valence-electron chi connectivity index (χ4n) is 2.17. The molecule has 3 aromatic rings. The number of imidazole rings is 1. The normalized spacial score (nSPS) is 11.8. The van der Waals surface area contributed by atoms with Crippen molar-refractivity contribution in [2.24, 2.45) is 0 Å². The number of fused-ring (bicyclic) bond motifs is 1. The van der Waals surface area contributed by atoms with E-state index in [1.165, 1.54) is 11.3 Å². The molecular weight excluding hydrogens is 386 g/mol. The summed E-state index contributed by atoms with van der Waals surface area (Å²) in [5.41, 5.74) is 0.688. The molecule has 1 aromatic carbocycles. The average Bonchev–Trinajstić information content (AvgIpc) is 3.16. The molecule has 0 spiro atoms. The van der Waals surface area contributed by atoms with Gasteiger partial charge in [-0.1, -0.05) is 0 Å². The van der Waals surface area contributed by atoms with Gasteiger partial charge < -0.3 is 5.32 Å².